The largest absolute Gasteiger partial charge is 0.492 e. The summed E-state index contributed by atoms with van der Waals surface area (Å²) in [6, 6.07) is 4.72. The van der Waals surface area contributed by atoms with Crippen LogP contribution in [0.4, 0.5) is 5.69 Å². The highest BCUT2D eigenvalue weighted by atomic mass is 32.2. The fourth-order valence-electron chi connectivity index (χ4n) is 2.53. The minimum Gasteiger partial charge on any atom is -0.492 e. The summed E-state index contributed by atoms with van der Waals surface area (Å²) in [6.07, 6.45) is 6.07. The van der Waals surface area contributed by atoms with Crippen molar-refractivity contribution < 1.29 is 13.2 Å². The summed E-state index contributed by atoms with van der Waals surface area (Å²) >= 11 is 0. The maximum absolute atomic E-state index is 12.0. The van der Waals surface area contributed by atoms with Gasteiger partial charge in [-0.25, -0.2) is 13.1 Å². The molecule has 112 valence electrons. The van der Waals surface area contributed by atoms with Crippen molar-refractivity contribution in [1.29, 1.82) is 0 Å². The first kappa shape index (κ1) is 15.1. The molecule has 0 spiro atoms. The first-order valence-electron chi connectivity index (χ1n) is 6.99. The Hall–Kier alpha value is -1.27. The average Bonchev–Trinajstić information content (AvgIpc) is 2.47. The van der Waals surface area contributed by atoms with Crippen molar-refractivity contribution >= 4 is 15.7 Å². The summed E-state index contributed by atoms with van der Waals surface area (Å²) in [5, 5.41) is 0. The van der Waals surface area contributed by atoms with E-state index in [1.54, 1.807) is 12.1 Å². The summed E-state index contributed by atoms with van der Waals surface area (Å²) < 4.78 is 32.0. The Morgan fingerprint density at radius 3 is 2.65 bits per heavy atom. The third-order valence-corrected chi connectivity index (χ3v) is 5.16. The van der Waals surface area contributed by atoms with Crippen LogP contribution in [0.3, 0.4) is 0 Å². The van der Waals surface area contributed by atoms with Crippen LogP contribution < -0.4 is 15.2 Å². The minimum atomic E-state index is -3.56. The smallest absolute Gasteiger partial charge is 0.244 e. The van der Waals surface area contributed by atoms with Gasteiger partial charge >= 0.3 is 0 Å². The zero-order valence-corrected chi connectivity index (χ0v) is 12.6. The Bertz CT molecular complexity index is 552. The van der Waals surface area contributed by atoms with E-state index in [4.69, 9.17) is 10.5 Å². The monoisotopic (exact) mass is 298 g/mol. The quantitative estimate of drug-likeness (QED) is 0.816. The second-order valence-electron chi connectivity index (χ2n) is 5.23. The molecule has 0 amide bonds. The molecule has 5 nitrogen and oxygen atoms in total. The van der Waals surface area contributed by atoms with Crippen molar-refractivity contribution in [1.82, 2.24) is 4.72 Å². The van der Waals surface area contributed by atoms with Crippen LogP contribution in [-0.2, 0) is 10.0 Å². The Balaban J connectivity index is 2.14. The molecule has 0 aliphatic heterocycles. The molecule has 0 unspecified atom stereocenters. The van der Waals surface area contributed by atoms with Crippen molar-refractivity contribution in [2.75, 3.05) is 19.4 Å². The van der Waals surface area contributed by atoms with Gasteiger partial charge in [-0.05, 0) is 44.0 Å². The maximum atomic E-state index is 12.0. The fourth-order valence-corrected chi connectivity index (χ4v) is 3.43. The SMILES string of the molecule is CNS(=O)(=O)c1cc(N)ccc1OCC1CCCCC1. The highest BCUT2D eigenvalue weighted by Crippen LogP contribution is 2.29. The van der Waals surface area contributed by atoms with Crippen molar-refractivity contribution in [3.63, 3.8) is 0 Å². The molecule has 0 atom stereocenters. The predicted octanol–water partition coefficient (Wildman–Crippen LogP) is 2.14. The van der Waals surface area contributed by atoms with Gasteiger partial charge in [-0.15, -0.1) is 0 Å². The van der Waals surface area contributed by atoms with Gasteiger partial charge in [0, 0.05) is 5.69 Å². The molecular formula is C14H22N2O3S. The van der Waals surface area contributed by atoms with Gasteiger partial charge in [0.05, 0.1) is 6.61 Å². The van der Waals surface area contributed by atoms with Gasteiger partial charge in [0.15, 0.2) is 0 Å². The number of rotatable bonds is 5. The van der Waals surface area contributed by atoms with Crippen LogP contribution in [0.25, 0.3) is 0 Å². The standard InChI is InChI=1S/C14H22N2O3S/c1-16-20(17,18)14-9-12(15)7-8-13(14)19-10-11-5-3-2-4-6-11/h7-9,11,16H,2-6,10,15H2,1H3. The molecule has 0 heterocycles. The molecule has 3 N–H and O–H groups in total. The van der Waals surface area contributed by atoms with E-state index in [2.05, 4.69) is 4.72 Å². The number of hydrogen-bond acceptors (Lipinski definition) is 4. The number of ether oxygens (including phenoxy) is 1. The zero-order chi connectivity index (χ0) is 14.6. The van der Waals surface area contributed by atoms with Gasteiger partial charge in [-0.1, -0.05) is 19.3 Å². The zero-order valence-electron chi connectivity index (χ0n) is 11.8. The molecule has 2 rings (SSSR count). The molecule has 20 heavy (non-hydrogen) atoms. The van der Waals surface area contributed by atoms with Gasteiger partial charge in [0.1, 0.15) is 10.6 Å². The first-order chi connectivity index (χ1) is 9.53. The lowest BCUT2D eigenvalue weighted by atomic mass is 9.90. The number of nitrogens with two attached hydrogens (primary N) is 1. The van der Waals surface area contributed by atoms with E-state index < -0.39 is 10.0 Å². The number of nitrogens with one attached hydrogen (secondary N) is 1. The number of sulfonamides is 1. The molecular weight excluding hydrogens is 276 g/mol. The minimum absolute atomic E-state index is 0.107. The first-order valence-corrected chi connectivity index (χ1v) is 8.47. The Morgan fingerprint density at radius 2 is 2.00 bits per heavy atom. The maximum Gasteiger partial charge on any atom is 0.244 e. The second-order valence-corrected chi connectivity index (χ2v) is 7.08. The lowest BCUT2D eigenvalue weighted by Crippen LogP contribution is -2.21. The summed E-state index contributed by atoms with van der Waals surface area (Å²) in [7, 11) is -2.18. The Kier molecular flexibility index (Phi) is 4.88. The van der Waals surface area contributed by atoms with Crippen molar-refractivity contribution in [2.45, 2.75) is 37.0 Å². The van der Waals surface area contributed by atoms with Crippen LogP contribution in [-0.4, -0.2) is 22.1 Å². The molecule has 1 aromatic carbocycles. The summed E-state index contributed by atoms with van der Waals surface area (Å²) in [5.41, 5.74) is 6.08. The Labute approximate surface area is 120 Å². The number of anilines is 1. The van der Waals surface area contributed by atoms with Gasteiger partial charge in [-0.2, -0.15) is 0 Å². The van der Waals surface area contributed by atoms with E-state index in [-0.39, 0.29) is 4.90 Å². The van der Waals surface area contributed by atoms with Gasteiger partial charge in [-0.3, -0.25) is 0 Å². The van der Waals surface area contributed by atoms with Crippen LogP contribution in [0, 0.1) is 5.92 Å². The number of hydrogen-bond donors (Lipinski definition) is 2. The van der Waals surface area contributed by atoms with E-state index in [1.807, 2.05) is 0 Å². The van der Waals surface area contributed by atoms with E-state index in [0.29, 0.717) is 24.0 Å². The number of nitrogen functional groups attached to an aromatic ring is 1. The van der Waals surface area contributed by atoms with Crippen LogP contribution in [0.5, 0.6) is 5.75 Å². The molecule has 0 bridgehead atoms. The molecule has 0 saturated heterocycles. The average molecular weight is 298 g/mol. The van der Waals surface area contributed by atoms with E-state index in [9.17, 15) is 8.42 Å². The van der Waals surface area contributed by atoms with Crippen LogP contribution in [0.1, 0.15) is 32.1 Å². The molecule has 1 aromatic rings. The highest BCUT2D eigenvalue weighted by molar-refractivity contribution is 7.89. The molecule has 0 radical (unpaired) electrons. The summed E-state index contributed by atoms with van der Waals surface area (Å²) in [4.78, 5) is 0.107. The third kappa shape index (κ3) is 3.64. The van der Waals surface area contributed by atoms with Crippen molar-refractivity contribution in [2.24, 2.45) is 5.92 Å². The molecule has 6 heteroatoms. The van der Waals surface area contributed by atoms with Gasteiger partial charge in [0.25, 0.3) is 0 Å². The Morgan fingerprint density at radius 1 is 1.30 bits per heavy atom. The lowest BCUT2D eigenvalue weighted by Gasteiger charge is -2.22. The van der Waals surface area contributed by atoms with E-state index in [0.717, 1.165) is 12.8 Å². The van der Waals surface area contributed by atoms with Crippen molar-refractivity contribution in [3.05, 3.63) is 18.2 Å². The topological polar surface area (TPSA) is 81.4 Å². The fraction of sp³-hybridized carbons (Fsp3) is 0.571. The summed E-state index contributed by atoms with van der Waals surface area (Å²) in [6.45, 7) is 0.566. The molecule has 0 aromatic heterocycles. The molecule has 1 aliphatic carbocycles. The molecule has 1 fully saturated rings. The predicted molar refractivity (Wildman–Crippen MR) is 79.2 cm³/mol. The second kappa shape index (κ2) is 6.45. The van der Waals surface area contributed by atoms with Crippen molar-refractivity contribution in [3.8, 4) is 5.75 Å². The number of benzene rings is 1. The van der Waals surface area contributed by atoms with E-state index in [1.165, 1.54) is 32.4 Å². The third-order valence-electron chi connectivity index (χ3n) is 3.73. The van der Waals surface area contributed by atoms with Gasteiger partial charge in [0.2, 0.25) is 10.0 Å². The lowest BCUT2D eigenvalue weighted by molar-refractivity contribution is 0.205. The molecule has 1 saturated carbocycles. The van der Waals surface area contributed by atoms with E-state index >= 15 is 0 Å². The highest BCUT2D eigenvalue weighted by Gasteiger charge is 2.20. The molecule has 1 aliphatic rings. The van der Waals surface area contributed by atoms with Crippen LogP contribution >= 0.6 is 0 Å². The van der Waals surface area contributed by atoms with Crippen LogP contribution in [0.2, 0.25) is 0 Å². The van der Waals surface area contributed by atoms with Crippen LogP contribution in [0.15, 0.2) is 23.1 Å². The summed E-state index contributed by atoms with van der Waals surface area (Å²) in [5.74, 6) is 0.894. The van der Waals surface area contributed by atoms with Gasteiger partial charge < -0.3 is 10.5 Å². The normalized spacial score (nSPS) is 17.1.